The summed E-state index contributed by atoms with van der Waals surface area (Å²) in [6, 6.07) is 5.65. The van der Waals surface area contributed by atoms with Crippen LogP contribution in [0.4, 0.5) is 20.3 Å². The summed E-state index contributed by atoms with van der Waals surface area (Å²) in [5, 5.41) is 6.03. The SMILES string of the molecule is CC(F)(F)c1cc(N/C=C(/COc2nccc(N)n2)N=N)ccc1Cl. The topological polar surface area (TPSA) is 109 Å². The van der Waals surface area contributed by atoms with E-state index >= 15 is 0 Å². The highest BCUT2D eigenvalue weighted by molar-refractivity contribution is 6.31. The highest BCUT2D eigenvalue weighted by Gasteiger charge is 2.27. The molecule has 1 aromatic heterocycles. The second-order valence-corrected chi connectivity index (χ2v) is 5.43. The summed E-state index contributed by atoms with van der Waals surface area (Å²) in [5.41, 5.74) is 12.9. The van der Waals surface area contributed by atoms with E-state index in [0.717, 1.165) is 6.92 Å². The minimum atomic E-state index is -3.07. The highest BCUT2D eigenvalue weighted by atomic mass is 35.5. The Hall–Kier alpha value is -2.81. The van der Waals surface area contributed by atoms with Crippen molar-refractivity contribution in [1.82, 2.24) is 9.97 Å². The summed E-state index contributed by atoms with van der Waals surface area (Å²) in [4.78, 5) is 7.69. The smallest absolute Gasteiger partial charge is 0.318 e. The quantitative estimate of drug-likeness (QED) is 0.635. The van der Waals surface area contributed by atoms with E-state index in [2.05, 4.69) is 20.4 Å². The van der Waals surface area contributed by atoms with Crippen molar-refractivity contribution in [2.45, 2.75) is 12.8 Å². The predicted molar refractivity (Wildman–Crippen MR) is 89.8 cm³/mol. The molecule has 2 rings (SSSR count). The molecule has 0 aliphatic carbocycles. The van der Waals surface area contributed by atoms with Gasteiger partial charge in [0.2, 0.25) is 0 Å². The van der Waals surface area contributed by atoms with E-state index in [-0.39, 0.29) is 34.7 Å². The standard InChI is InChI=1S/C15H15ClF2N6O/c1-15(17,18)11-6-9(2-3-12(11)16)22-7-10(24-20)8-25-14-21-5-4-13(19)23-14/h2-7,20,22H,8H2,1H3,(H2,19,21,23)/b10-7-,24-20?. The Labute approximate surface area is 147 Å². The van der Waals surface area contributed by atoms with Crippen LogP contribution >= 0.6 is 11.6 Å². The lowest BCUT2D eigenvalue weighted by molar-refractivity contribution is 0.0176. The maximum Gasteiger partial charge on any atom is 0.318 e. The van der Waals surface area contributed by atoms with Gasteiger partial charge in [-0.15, -0.1) is 0 Å². The molecule has 0 bridgehead atoms. The van der Waals surface area contributed by atoms with Crippen LogP contribution in [0.25, 0.3) is 0 Å². The number of hydrogen-bond acceptors (Lipinski definition) is 7. The number of anilines is 2. The average Bonchev–Trinajstić information content (AvgIpc) is 2.55. The number of hydrogen-bond donors (Lipinski definition) is 3. The van der Waals surface area contributed by atoms with Crippen molar-refractivity contribution < 1.29 is 13.5 Å². The molecule has 0 aliphatic rings. The molecule has 10 heteroatoms. The summed E-state index contributed by atoms with van der Waals surface area (Å²) < 4.78 is 32.2. The molecule has 0 spiro atoms. The molecule has 0 saturated carbocycles. The molecule has 1 heterocycles. The van der Waals surface area contributed by atoms with Crippen molar-refractivity contribution in [2.24, 2.45) is 5.11 Å². The minimum Gasteiger partial charge on any atom is -0.457 e. The normalized spacial score (nSPS) is 11.9. The van der Waals surface area contributed by atoms with Crippen LogP contribution in [0.15, 0.2) is 47.5 Å². The van der Waals surface area contributed by atoms with Gasteiger partial charge in [-0.3, -0.25) is 0 Å². The molecule has 25 heavy (non-hydrogen) atoms. The number of nitrogens with zero attached hydrogens (tertiary/aromatic N) is 3. The highest BCUT2D eigenvalue weighted by Crippen LogP contribution is 2.34. The van der Waals surface area contributed by atoms with Crippen molar-refractivity contribution in [1.29, 1.82) is 5.53 Å². The zero-order valence-corrected chi connectivity index (χ0v) is 13.9. The number of nitrogen functional groups attached to an aromatic ring is 1. The fourth-order valence-corrected chi connectivity index (χ4v) is 2.07. The monoisotopic (exact) mass is 368 g/mol. The summed E-state index contributed by atoms with van der Waals surface area (Å²) in [6.45, 7) is 0.655. The molecule has 132 valence electrons. The van der Waals surface area contributed by atoms with Crippen molar-refractivity contribution in [3.05, 3.63) is 52.9 Å². The number of nitrogens with two attached hydrogens (primary N) is 1. The lowest BCUT2D eigenvalue weighted by atomic mass is 10.1. The summed E-state index contributed by atoms with van der Waals surface area (Å²) >= 11 is 5.79. The van der Waals surface area contributed by atoms with E-state index < -0.39 is 5.92 Å². The summed E-state index contributed by atoms with van der Waals surface area (Å²) in [6.07, 6.45) is 2.78. The number of benzene rings is 1. The fraction of sp³-hybridized carbons (Fsp3) is 0.200. The molecular weight excluding hydrogens is 354 g/mol. The van der Waals surface area contributed by atoms with Crippen molar-refractivity contribution in [3.63, 3.8) is 0 Å². The van der Waals surface area contributed by atoms with Crippen molar-refractivity contribution in [2.75, 3.05) is 17.7 Å². The molecule has 0 unspecified atom stereocenters. The van der Waals surface area contributed by atoms with E-state index in [9.17, 15) is 8.78 Å². The van der Waals surface area contributed by atoms with Gasteiger partial charge in [-0.25, -0.2) is 19.3 Å². The second-order valence-electron chi connectivity index (χ2n) is 5.03. The van der Waals surface area contributed by atoms with Gasteiger partial charge in [0.05, 0.1) is 0 Å². The molecule has 7 nitrogen and oxygen atoms in total. The van der Waals surface area contributed by atoms with Crippen LogP contribution in [-0.4, -0.2) is 16.6 Å². The Morgan fingerprint density at radius 2 is 2.24 bits per heavy atom. The van der Waals surface area contributed by atoms with Crippen LogP contribution in [0.5, 0.6) is 6.01 Å². The van der Waals surface area contributed by atoms with Gasteiger partial charge in [-0.1, -0.05) is 11.6 Å². The van der Waals surface area contributed by atoms with Gasteiger partial charge >= 0.3 is 6.01 Å². The molecule has 0 saturated heterocycles. The van der Waals surface area contributed by atoms with Crippen LogP contribution in [0.2, 0.25) is 5.02 Å². The lowest BCUT2D eigenvalue weighted by Crippen LogP contribution is -2.08. The Bertz CT molecular complexity index is 794. The molecule has 1 aromatic carbocycles. The van der Waals surface area contributed by atoms with Gasteiger partial charge in [0.1, 0.15) is 18.1 Å². The number of rotatable bonds is 7. The minimum absolute atomic E-state index is 0.0328. The van der Waals surface area contributed by atoms with Crippen LogP contribution in [0, 0.1) is 5.53 Å². The maximum atomic E-state index is 13.5. The van der Waals surface area contributed by atoms with Crippen LogP contribution in [-0.2, 0) is 5.92 Å². The molecule has 2 aromatic rings. The van der Waals surface area contributed by atoms with E-state index in [4.69, 9.17) is 27.6 Å². The molecule has 0 amide bonds. The van der Waals surface area contributed by atoms with Gasteiger partial charge in [0.15, 0.2) is 0 Å². The predicted octanol–water partition coefficient (Wildman–Crippen LogP) is 4.19. The zero-order chi connectivity index (χ0) is 18.4. The summed E-state index contributed by atoms with van der Waals surface area (Å²) in [5.74, 6) is -2.83. The van der Waals surface area contributed by atoms with Gasteiger partial charge in [-0.05, 0) is 24.3 Å². The second kappa shape index (κ2) is 7.84. The number of nitrogens with one attached hydrogen (secondary N) is 2. The van der Waals surface area contributed by atoms with Gasteiger partial charge in [0, 0.05) is 35.6 Å². The molecular formula is C15H15ClF2N6O. The van der Waals surface area contributed by atoms with E-state index in [1.54, 1.807) is 0 Å². The third-order valence-corrected chi connectivity index (χ3v) is 3.32. The molecule has 0 aliphatic heterocycles. The van der Waals surface area contributed by atoms with Gasteiger partial charge in [0.25, 0.3) is 5.92 Å². The van der Waals surface area contributed by atoms with Crippen molar-refractivity contribution in [3.8, 4) is 6.01 Å². The molecule has 4 N–H and O–H groups in total. The Morgan fingerprint density at radius 1 is 1.48 bits per heavy atom. The maximum absolute atomic E-state index is 13.5. The largest absolute Gasteiger partial charge is 0.457 e. The van der Waals surface area contributed by atoms with Crippen LogP contribution in [0.1, 0.15) is 12.5 Å². The van der Waals surface area contributed by atoms with E-state index in [1.165, 1.54) is 36.7 Å². The number of ether oxygens (including phenoxy) is 1. The van der Waals surface area contributed by atoms with E-state index in [0.29, 0.717) is 5.69 Å². The van der Waals surface area contributed by atoms with E-state index in [1.807, 2.05) is 0 Å². The summed E-state index contributed by atoms with van der Waals surface area (Å²) in [7, 11) is 0. The Balaban J connectivity index is 2.07. The van der Waals surface area contributed by atoms with Crippen LogP contribution < -0.4 is 15.8 Å². The lowest BCUT2D eigenvalue weighted by Gasteiger charge is -2.14. The third kappa shape index (κ3) is 5.35. The first-order chi connectivity index (χ1) is 11.8. The Morgan fingerprint density at radius 3 is 2.88 bits per heavy atom. The van der Waals surface area contributed by atoms with Gasteiger partial charge < -0.3 is 15.8 Å². The van der Waals surface area contributed by atoms with Gasteiger partial charge in [-0.2, -0.15) is 10.1 Å². The number of aromatic nitrogens is 2. The Kier molecular flexibility index (Phi) is 5.81. The first-order valence-corrected chi connectivity index (χ1v) is 7.39. The molecule has 0 radical (unpaired) electrons. The van der Waals surface area contributed by atoms with Crippen LogP contribution in [0.3, 0.4) is 0 Å². The first-order valence-electron chi connectivity index (χ1n) is 7.02. The average molecular weight is 369 g/mol. The molecule has 0 fully saturated rings. The first kappa shape index (κ1) is 18.5. The number of alkyl halides is 2. The fourth-order valence-electron chi connectivity index (χ4n) is 1.79. The zero-order valence-electron chi connectivity index (χ0n) is 13.1. The third-order valence-electron chi connectivity index (χ3n) is 2.99. The number of halogens is 3. The molecule has 0 atom stereocenters. The van der Waals surface area contributed by atoms with Crippen molar-refractivity contribution >= 4 is 23.1 Å².